The number of nitrogens with zero attached hydrogens (tertiary/aromatic N) is 4. The molecule has 1 fully saturated rings. The van der Waals surface area contributed by atoms with E-state index in [0.29, 0.717) is 17.4 Å². The second kappa shape index (κ2) is 6.44. The molecular weight excluding hydrogens is 366 g/mol. The standard InChI is InChI=1S/C19H17N5O2.ClH/c1-11-15-13(16-22-18(24-25-16)19(20)8-5-9-19)10-14(21-17(15)26-23-11)12-6-3-2-4-7-12;/h2-4,6-7,10H,5,8-9,20H2,1H3;1H. The molecule has 5 rings (SSSR count). The second-order valence-electron chi connectivity index (χ2n) is 6.80. The summed E-state index contributed by atoms with van der Waals surface area (Å²) in [5.74, 6) is 0.965. The van der Waals surface area contributed by atoms with Crippen molar-refractivity contribution in [2.45, 2.75) is 31.7 Å². The Morgan fingerprint density at radius 1 is 1.04 bits per heavy atom. The first-order chi connectivity index (χ1) is 12.6. The van der Waals surface area contributed by atoms with Crippen molar-refractivity contribution in [3.8, 4) is 22.7 Å². The molecule has 0 aliphatic heterocycles. The third-order valence-electron chi connectivity index (χ3n) is 5.03. The second-order valence-corrected chi connectivity index (χ2v) is 6.80. The number of aromatic nitrogens is 4. The SMILES string of the molecule is Cc1noc2nc(-c3ccccc3)cc(-c3nc(C4(N)CCC4)no3)c12.Cl. The highest BCUT2D eigenvalue weighted by Crippen LogP contribution is 2.39. The van der Waals surface area contributed by atoms with Gasteiger partial charge in [0.1, 0.15) is 0 Å². The van der Waals surface area contributed by atoms with Crippen LogP contribution in [0.2, 0.25) is 0 Å². The Bertz CT molecular complexity index is 1100. The molecule has 1 aliphatic carbocycles. The van der Waals surface area contributed by atoms with E-state index in [2.05, 4.69) is 20.3 Å². The van der Waals surface area contributed by atoms with Crippen LogP contribution in [0, 0.1) is 6.92 Å². The maximum absolute atomic E-state index is 6.33. The van der Waals surface area contributed by atoms with Gasteiger partial charge in [0.15, 0.2) is 5.82 Å². The molecule has 0 spiro atoms. The van der Waals surface area contributed by atoms with E-state index in [9.17, 15) is 0 Å². The highest BCUT2D eigenvalue weighted by molar-refractivity contribution is 5.93. The Labute approximate surface area is 161 Å². The summed E-state index contributed by atoms with van der Waals surface area (Å²) < 4.78 is 11.0. The summed E-state index contributed by atoms with van der Waals surface area (Å²) in [6.07, 6.45) is 2.83. The Balaban J connectivity index is 0.00000180. The molecular formula is C19H18ClN5O2. The van der Waals surface area contributed by atoms with Crippen LogP contribution in [0.1, 0.15) is 30.8 Å². The van der Waals surface area contributed by atoms with Gasteiger partial charge >= 0.3 is 0 Å². The summed E-state index contributed by atoms with van der Waals surface area (Å²) in [5.41, 5.74) is 9.53. The summed E-state index contributed by atoms with van der Waals surface area (Å²) >= 11 is 0. The highest BCUT2D eigenvalue weighted by Gasteiger charge is 2.39. The fourth-order valence-electron chi connectivity index (χ4n) is 3.34. The van der Waals surface area contributed by atoms with Crippen LogP contribution < -0.4 is 5.73 Å². The third-order valence-corrected chi connectivity index (χ3v) is 5.03. The maximum atomic E-state index is 6.33. The molecule has 3 heterocycles. The number of pyridine rings is 1. The van der Waals surface area contributed by atoms with Crippen molar-refractivity contribution in [1.82, 2.24) is 20.3 Å². The number of aryl methyl sites for hydroxylation is 1. The van der Waals surface area contributed by atoms with Crippen LogP contribution in [0.4, 0.5) is 0 Å². The average Bonchev–Trinajstić information content (AvgIpc) is 3.28. The lowest BCUT2D eigenvalue weighted by molar-refractivity contribution is 0.229. The molecule has 0 saturated heterocycles. The maximum Gasteiger partial charge on any atom is 0.259 e. The topological polar surface area (TPSA) is 104 Å². The molecule has 3 aromatic heterocycles. The summed E-state index contributed by atoms with van der Waals surface area (Å²) in [6, 6.07) is 11.8. The van der Waals surface area contributed by atoms with E-state index in [1.54, 1.807) is 0 Å². The quantitative estimate of drug-likeness (QED) is 0.569. The first kappa shape index (κ1) is 17.6. The monoisotopic (exact) mass is 383 g/mol. The summed E-state index contributed by atoms with van der Waals surface area (Å²) in [5, 5.41) is 8.95. The molecule has 0 atom stereocenters. The van der Waals surface area contributed by atoms with E-state index in [1.807, 2.05) is 43.3 Å². The van der Waals surface area contributed by atoms with Gasteiger partial charge in [-0.15, -0.1) is 12.4 Å². The van der Waals surface area contributed by atoms with Crippen LogP contribution in [-0.4, -0.2) is 20.3 Å². The van der Waals surface area contributed by atoms with Crippen LogP contribution >= 0.6 is 12.4 Å². The van der Waals surface area contributed by atoms with Gasteiger partial charge in [-0.2, -0.15) is 4.98 Å². The zero-order chi connectivity index (χ0) is 17.7. The van der Waals surface area contributed by atoms with Gasteiger partial charge in [0.05, 0.1) is 27.9 Å². The molecule has 0 amide bonds. The molecule has 27 heavy (non-hydrogen) atoms. The van der Waals surface area contributed by atoms with Crippen molar-refractivity contribution in [1.29, 1.82) is 0 Å². The van der Waals surface area contributed by atoms with Gasteiger partial charge in [-0.25, -0.2) is 4.98 Å². The molecule has 1 saturated carbocycles. The van der Waals surface area contributed by atoms with E-state index >= 15 is 0 Å². The van der Waals surface area contributed by atoms with Crippen LogP contribution in [0.15, 0.2) is 45.4 Å². The number of hydrogen-bond acceptors (Lipinski definition) is 7. The fourth-order valence-corrected chi connectivity index (χ4v) is 3.34. The number of rotatable bonds is 3. The third kappa shape index (κ3) is 2.79. The van der Waals surface area contributed by atoms with Crippen molar-refractivity contribution >= 4 is 23.5 Å². The minimum atomic E-state index is -0.472. The number of nitrogens with two attached hydrogens (primary N) is 1. The molecule has 0 unspecified atom stereocenters. The first-order valence-electron chi connectivity index (χ1n) is 8.60. The summed E-state index contributed by atoms with van der Waals surface area (Å²) in [7, 11) is 0. The Morgan fingerprint density at radius 3 is 2.52 bits per heavy atom. The predicted octanol–water partition coefficient (Wildman–Crippen LogP) is 4.01. The predicted molar refractivity (Wildman–Crippen MR) is 102 cm³/mol. The molecule has 8 heteroatoms. The molecule has 2 N–H and O–H groups in total. The summed E-state index contributed by atoms with van der Waals surface area (Å²) in [6.45, 7) is 1.87. The fraction of sp³-hybridized carbons (Fsp3) is 0.263. The van der Waals surface area contributed by atoms with Crippen molar-refractivity contribution in [2.24, 2.45) is 5.73 Å². The number of benzene rings is 1. The molecule has 7 nitrogen and oxygen atoms in total. The molecule has 1 aromatic carbocycles. The van der Waals surface area contributed by atoms with E-state index in [4.69, 9.17) is 14.8 Å². The van der Waals surface area contributed by atoms with Crippen LogP contribution in [-0.2, 0) is 5.54 Å². The molecule has 0 radical (unpaired) electrons. The van der Waals surface area contributed by atoms with E-state index in [1.165, 1.54) is 0 Å². The van der Waals surface area contributed by atoms with Crippen molar-refractivity contribution in [3.63, 3.8) is 0 Å². The van der Waals surface area contributed by atoms with Gasteiger partial charge in [-0.3, -0.25) is 0 Å². The van der Waals surface area contributed by atoms with Crippen LogP contribution in [0.25, 0.3) is 33.8 Å². The average molecular weight is 384 g/mol. The van der Waals surface area contributed by atoms with Crippen molar-refractivity contribution in [3.05, 3.63) is 47.9 Å². The van der Waals surface area contributed by atoms with Crippen molar-refractivity contribution in [2.75, 3.05) is 0 Å². The minimum Gasteiger partial charge on any atom is -0.335 e. The lowest BCUT2D eigenvalue weighted by Gasteiger charge is -2.34. The Morgan fingerprint density at radius 2 is 1.81 bits per heavy atom. The zero-order valence-electron chi connectivity index (χ0n) is 14.7. The van der Waals surface area contributed by atoms with Gasteiger partial charge in [-0.1, -0.05) is 40.6 Å². The molecule has 0 bridgehead atoms. The van der Waals surface area contributed by atoms with E-state index < -0.39 is 5.54 Å². The van der Waals surface area contributed by atoms with Crippen LogP contribution in [0.5, 0.6) is 0 Å². The van der Waals surface area contributed by atoms with Gasteiger partial charge in [0, 0.05) is 5.56 Å². The number of hydrogen-bond donors (Lipinski definition) is 1. The minimum absolute atomic E-state index is 0. The zero-order valence-corrected chi connectivity index (χ0v) is 15.5. The molecule has 1 aliphatic rings. The van der Waals surface area contributed by atoms with E-state index in [-0.39, 0.29) is 12.4 Å². The van der Waals surface area contributed by atoms with Gasteiger partial charge < -0.3 is 14.8 Å². The molecule has 4 aromatic rings. The smallest absolute Gasteiger partial charge is 0.259 e. The molecule has 138 valence electrons. The van der Waals surface area contributed by atoms with Crippen LogP contribution in [0.3, 0.4) is 0 Å². The first-order valence-corrected chi connectivity index (χ1v) is 8.60. The van der Waals surface area contributed by atoms with Gasteiger partial charge in [0.2, 0.25) is 0 Å². The summed E-state index contributed by atoms with van der Waals surface area (Å²) in [4.78, 5) is 9.17. The lowest BCUT2D eigenvalue weighted by Crippen LogP contribution is -2.44. The Kier molecular flexibility index (Phi) is 4.20. The lowest BCUT2D eigenvalue weighted by atomic mass is 9.77. The van der Waals surface area contributed by atoms with Gasteiger partial charge in [-0.05, 0) is 32.3 Å². The van der Waals surface area contributed by atoms with Gasteiger partial charge in [0.25, 0.3) is 11.6 Å². The highest BCUT2D eigenvalue weighted by atomic mass is 35.5. The normalized spacial score (nSPS) is 15.3. The largest absolute Gasteiger partial charge is 0.335 e. The number of fused-ring (bicyclic) bond motifs is 1. The number of halogens is 1. The Hall–Kier alpha value is -2.77. The van der Waals surface area contributed by atoms with E-state index in [0.717, 1.165) is 47.2 Å². The van der Waals surface area contributed by atoms with Crippen molar-refractivity contribution < 1.29 is 9.05 Å².